The summed E-state index contributed by atoms with van der Waals surface area (Å²) < 4.78 is 11.3. The first-order valence-corrected chi connectivity index (χ1v) is 8.27. The van der Waals surface area contributed by atoms with Gasteiger partial charge >= 0.3 is 5.97 Å². The molecule has 0 aliphatic carbocycles. The molecule has 0 saturated carbocycles. The predicted octanol–water partition coefficient (Wildman–Crippen LogP) is 3.00. The Kier molecular flexibility index (Phi) is 4.81. The predicted molar refractivity (Wildman–Crippen MR) is 96.1 cm³/mol. The summed E-state index contributed by atoms with van der Waals surface area (Å²) in [4.78, 5) is 11.5. The Morgan fingerprint density at radius 1 is 1.21 bits per heavy atom. The highest BCUT2D eigenvalue weighted by Gasteiger charge is 2.44. The molecule has 3 rings (SSSR count). The molecule has 1 unspecified atom stereocenters. The van der Waals surface area contributed by atoms with Gasteiger partial charge in [0.25, 0.3) is 0 Å². The van der Waals surface area contributed by atoms with Crippen LogP contribution in [0, 0.1) is 0 Å². The van der Waals surface area contributed by atoms with Crippen LogP contribution < -0.4 is 10.1 Å². The van der Waals surface area contributed by atoms with E-state index in [-0.39, 0.29) is 12.6 Å². The molecule has 0 saturated heterocycles. The quantitative estimate of drug-likeness (QED) is 0.515. The van der Waals surface area contributed by atoms with Crippen molar-refractivity contribution in [1.29, 1.82) is 0 Å². The summed E-state index contributed by atoms with van der Waals surface area (Å²) in [7, 11) is 0. The van der Waals surface area contributed by atoms with Crippen LogP contribution in [0.25, 0.3) is 0 Å². The highest BCUT2D eigenvalue weighted by atomic mass is 32.1. The van der Waals surface area contributed by atoms with E-state index in [9.17, 15) is 4.79 Å². The third kappa shape index (κ3) is 3.26. The van der Waals surface area contributed by atoms with Crippen molar-refractivity contribution in [2.45, 2.75) is 18.9 Å². The Morgan fingerprint density at radius 3 is 2.62 bits per heavy atom. The first-order chi connectivity index (χ1) is 11.6. The third-order valence-electron chi connectivity index (χ3n) is 4.00. The Hall–Kier alpha value is -2.40. The topological polar surface area (TPSA) is 47.6 Å². The molecule has 124 valence electrons. The largest absolute Gasteiger partial charge is 0.475 e. The Balaban J connectivity index is 1.82. The number of rotatable bonds is 5. The van der Waals surface area contributed by atoms with Gasteiger partial charge < -0.3 is 14.8 Å². The minimum Gasteiger partial charge on any atom is -0.475 e. The second kappa shape index (κ2) is 7.01. The molecule has 1 N–H and O–H groups in total. The fraction of sp³-hybridized carbons (Fsp3) is 0.263. The summed E-state index contributed by atoms with van der Waals surface area (Å²) in [6.45, 7) is 2.11. The van der Waals surface area contributed by atoms with Gasteiger partial charge in [0.2, 0.25) is 0 Å². The molecule has 2 aromatic rings. The van der Waals surface area contributed by atoms with Crippen LogP contribution in [0.1, 0.15) is 18.1 Å². The lowest BCUT2D eigenvalue weighted by molar-refractivity contribution is -0.140. The molecule has 0 amide bonds. The molecule has 0 bridgehead atoms. The van der Waals surface area contributed by atoms with Crippen molar-refractivity contribution in [3.05, 3.63) is 65.7 Å². The number of hydrogen-bond acceptors (Lipinski definition) is 4. The summed E-state index contributed by atoms with van der Waals surface area (Å²) in [6, 6.07) is 17.9. The number of hydrogen-bond donors (Lipinski definition) is 1. The average Bonchev–Trinajstić information content (AvgIpc) is 3.00. The monoisotopic (exact) mass is 341 g/mol. The maximum Gasteiger partial charge on any atom is 0.302 e. The number of carbonyl (C=O) groups is 1. The number of esters is 1. The number of thiocarbonyl (C=S) groups is 1. The van der Waals surface area contributed by atoms with Gasteiger partial charge in [0.05, 0.1) is 0 Å². The summed E-state index contributed by atoms with van der Waals surface area (Å²) in [6.07, 6.45) is 0.673. The second-order valence-corrected chi connectivity index (χ2v) is 6.08. The first-order valence-electron chi connectivity index (χ1n) is 7.86. The van der Waals surface area contributed by atoms with Crippen LogP contribution in [-0.2, 0) is 21.6 Å². The van der Waals surface area contributed by atoms with Gasteiger partial charge in [-0.05, 0) is 11.6 Å². The van der Waals surface area contributed by atoms with Crippen LogP contribution in [0.15, 0.2) is 54.6 Å². The summed E-state index contributed by atoms with van der Waals surface area (Å²) in [5, 5.41) is 3.18. The van der Waals surface area contributed by atoms with Gasteiger partial charge in [-0.1, -0.05) is 60.7 Å². The van der Waals surface area contributed by atoms with E-state index in [4.69, 9.17) is 21.7 Å². The van der Waals surface area contributed by atoms with Crippen molar-refractivity contribution in [3.63, 3.8) is 0 Å². The Morgan fingerprint density at radius 2 is 1.92 bits per heavy atom. The van der Waals surface area contributed by atoms with Crippen molar-refractivity contribution in [3.8, 4) is 5.75 Å². The van der Waals surface area contributed by atoms with Gasteiger partial charge in [-0.2, -0.15) is 0 Å². The molecule has 0 aromatic heterocycles. The van der Waals surface area contributed by atoms with E-state index in [0.29, 0.717) is 18.0 Å². The van der Waals surface area contributed by atoms with E-state index in [0.717, 1.165) is 16.9 Å². The first kappa shape index (κ1) is 16.5. The summed E-state index contributed by atoms with van der Waals surface area (Å²) >= 11 is 5.66. The molecule has 2 aromatic carbocycles. The van der Waals surface area contributed by atoms with Crippen molar-refractivity contribution >= 4 is 23.2 Å². The zero-order chi connectivity index (χ0) is 17.0. The molecule has 24 heavy (non-hydrogen) atoms. The number of fused-ring (bicyclic) bond motifs is 1. The normalized spacial score (nSPS) is 18.4. The lowest BCUT2D eigenvalue weighted by Crippen LogP contribution is -2.47. The van der Waals surface area contributed by atoms with E-state index in [2.05, 4.69) is 11.4 Å². The fourth-order valence-corrected chi connectivity index (χ4v) is 3.20. The zero-order valence-electron chi connectivity index (χ0n) is 13.5. The van der Waals surface area contributed by atoms with Gasteiger partial charge in [0, 0.05) is 25.5 Å². The van der Waals surface area contributed by atoms with Crippen LogP contribution in [0.5, 0.6) is 5.75 Å². The second-order valence-electron chi connectivity index (χ2n) is 5.68. The molecule has 5 heteroatoms. The van der Waals surface area contributed by atoms with Gasteiger partial charge in [-0.3, -0.25) is 4.79 Å². The van der Waals surface area contributed by atoms with Crippen LogP contribution in [0.2, 0.25) is 0 Å². The molecule has 4 nitrogen and oxygen atoms in total. The highest BCUT2D eigenvalue weighted by molar-refractivity contribution is 7.80. The SMILES string of the molecule is CC(=O)OCCNC(=S)C1(c2ccccc2)Cc2ccccc2O1. The Bertz CT molecular complexity index is 720. The molecule has 1 aliphatic rings. The van der Waals surface area contributed by atoms with Crippen LogP contribution in [0.4, 0.5) is 0 Å². The highest BCUT2D eigenvalue weighted by Crippen LogP contribution is 2.41. The molecular formula is C19H19NO3S. The molecule has 0 radical (unpaired) electrons. The standard InChI is InChI=1S/C19H19NO3S/c1-14(21)22-12-11-20-18(24)19(16-8-3-2-4-9-16)13-15-7-5-6-10-17(15)23-19/h2-10H,11-13H2,1H3,(H,20,24). The minimum atomic E-state index is -0.726. The average molecular weight is 341 g/mol. The lowest BCUT2D eigenvalue weighted by atomic mass is 9.89. The van der Waals surface area contributed by atoms with Crippen LogP contribution in [0.3, 0.4) is 0 Å². The van der Waals surface area contributed by atoms with Gasteiger partial charge in [-0.15, -0.1) is 0 Å². The van der Waals surface area contributed by atoms with E-state index in [1.165, 1.54) is 6.92 Å². The van der Waals surface area contributed by atoms with E-state index >= 15 is 0 Å². The molecule has 0 fully saturated rings. The van der Waals surface area contributed by atoms with Crippen LogP contribution in [-0.4, -0.2) is 24.1 Å². The van der Waals surface area contributed by atoms with Crippen molar-refractivity contribution in [1.82, 2.24) is 5.32 Å². The number of nitrogens with one attached hydrogen (secondary N) is 1. The van der Waals surface area contributed by atoms with Gasteiger partial charge in [0.1, 0.15) is 17.3 Å². The molecule has 1 aliphatic heterocycles. The smallest absolute Gasteiger partial charge is 0.302 e. The number of ether oxygens (including phenoxy) is 2. The third-order valence-corrected chi connectivity index (χ3v) is 4.47. The maximum atomic E-state index is 10.9. The van der Waals surface area contributed by atoms with Gasteiger partial charge in [-0.25, -0.2) is 0 Å². The summed E-state index contributed by atoms with van der Waals surface area (Å²) in [5.41, 5.74) is 1.41. The van der Waals surface area contributed by atoms with Crippen molar-refractivity contribution < 1.29 is 14.3 Å². The zero-order valence-corrected chi connectivity index (χ0v) is 14.3. The molecule has 1 heterocycles. The van der Waals surface area contributed by atoms with E-state index < -0.39 is 5.60 Å². The van der Waals surface area contributed by atoms with Crippen LogP contribution >= 0.6 is 12.2 Å². The minimum absolute atomic E-state index is 0.271. The van der Waals surface area contributed by atoms with Gasteiger partial charge in [0.15, 0.2) is 5.60 Å². The maximum absolute atomic E-state index is 10.9. The lowest BCUT2D eigenvalue weighted by Gasteiger charge is -2.30. The van der Waals surface area contributed by atoms with Crippen molar-refractivity contribution in [2.75, 3.05) is 13.2 Å². The molecule has 0 spiro atoms. The summed E-state index contributed by atoms with van der Waals surface area (Å²) in [5.74, 6) is 0.551. The van der Waals surface area contributed by atoms with Crippen molar-refractivity contribution in [2.24, 2.45) is 0 Å². The number of para-hydroxylation sites is 1. The fourth-order valence-electron chi connectivity index (χ4n) is 2.87. The van der Waals surface area contributed by atoms with E-state index in [1.54, 1.807) is 0 Å². The van der Waals surface area contributed by atoms with E-state index in [1.807, 2.05) is 48.5 Å². The number of carbonyl (C=O) groups excluding carboxylic acids is 1. The number of benzene rings is 2. The molecule has 1 atom stereocenters. The Labute approximate surface area is 146 Å². The molecular weight excluding hydrogens is 322 g/mol.